The highest BCUT2D eigenvalue weighted by Crippen LogP contribution is 2.37. The third kappa shape index (κ3) is 4.40. The second kappa shape index (κ2) is 7.84. The summed E-state index contributed by atoms with van der Waals surface area (Å²) in [5.41, 5.74) is 2.07. The van der Waals surface area contributed by atoms with Gasteiger partial charge in [0.1, 0.15) is 5.82 Å². The van der Waals surface area contributed by atoms with Crippen LogP contribution >= 0.6 is 0 Å². The maximum absolute atomic E-state index is 12.4. The van der Waals surface area contributed by atoms with Crippen molar-refractivity contribution in [2.75, 3.05) is 0 Å². The standard InChI is InChI=1S/C21H29N5O/c1-2-3-12-21(25-26-21)13-11-19(27)22-16-9-10-17-18(14-16)24-20(23-17)15-7-5-4-6-8-15/h1,15-16H,3-14H2,(H,22,27)(H,23,24). The van der Waals surface area contributed by atoms with E-state index >= 15 is 0 Å². The number of nitrogens with zero attached hydrogens (tertiary/aromatic N) is 3. The van der Waals surface area contributed by atoms with Crippen LogP contribution < -0.4 is 5.32 Å². The summed E-state index contributed by atoms with van der Waals surface area (Å²) >= 11 is 0. The van der Waals surface area contributed by atoms with Gasteiger partial charge in [-0.1, -0.05) is 19.3 Å². The third-order valence-corrected chi connectivity index (χ3v) is 6.22. The molecule has 4 rings (SSSR count). The number of aryl methyl sites for hydroxylation is 1. The average Bonchev–Trinajstić information content (AvgIpc) is 3.34. The van der Waals surface area contributed by atoms with Gasteiger partial charge in [-0.25, -0.2) is 4.98 Å². The Hall–Kier alpha value is -2.16. The Kier molecular flexibility index (Phi) is 5.29. The zero-order chi connectivity index (χ0) is 18.7. The molecule has 1 aromatic rings. The van der Waals surface area contributed by atoms with E-state index in [1.54, 1.807) is 0 Å². The minimum atomic E-state index is -0.373. The molecule has 0 saturated heterocycles. The molecule has 1 amide bonds. The number of hydrogen-bond acceptors (Lipinski definition) is 4. The van der Waals surface area contributed by atoms with Crippen LogP contribution in [0.4, 0.5) is 0 Å². The molecule has 0 radical (unpaired) electrons. The summed E-state index contributed by atoms with van der Waals surface area (Å²) in [6.45, 7) is 0. The van der Waals surface area contributed by atoms with Gasteiger partial charge < -0.3 is 10.3 Å². The number of hydrogen-bond donors (Lipinski definition) is 2. The summed E-state index contributed by atoms with van der Waals surface area (Å²) in [5, 5.41) is 11.4. The molecule has 1 unspecified atom stereocenters. The van der Waals surface area contributed by atoms with Crippen LogP contribution in [-0.4, -0.2) is 27.6 Å². The molecule has 1 fully saturated rings. The summed E-state index contributed by atoms with van der Waals surface area (Å²) < 4.78 is 0. The lowest BCUT2D eigenvalue weighted by Gasteiger charge is -2.22. The van der Waals surface area contributed by atoms with E-state index in [0.29, 0.717) is 25.2 Å². The summed E-state index contributed by atoms with van der Waals surface area (Å²) in [6, 6.07) is 0.194. The van der Waals surface area contributed by atoms with Crippen molar-refractivity contribution in [1.82, 2.24) is 15.3 Å². The molecule has 2 aliphatic carbocycles. The van der Waals surface area contributed by atoms with E-state index in [-0.39, 0.29) is 17.6 Å². The second-order valence-corrected chi connectivity index (χ2v) is 8.28. The first kappa shape index (κ1) is 18.2. The van der Waals surface area contributed by atoms with Crippen LogP contribution in [0.25, 0.3) is 0 Å². The fraction of sp³-hybridized carbons (Fsp3) is 0.714. The van der Waals surface area contributed by atoms with Crippen LogP contribution in [0.2, 0.25) is 0 Å². The Morgan fingerprint density at radius 3 is 2.78 bits per heavy atom. The van der Waals surface area contributed by atoms with Crippen LogP contribution in [0.1, 0.15) is 87.3 Å². The van der Waals surface area contributed by atoms with E-state index in [0.717, 1.165) is 25.7 Å². The van der Waals surface area contributed by atoms with E-state index in [2.05, 4.69) is 26.4 Å². The first-order chi connectivity index (χ1) is 13.2. The number of rotatable bonds is 7. The number of H-pyrrole nitrogens is 1. The molecule has 1 aromatic heterocycles. The Balaban J connectivity index is 1.26. The molecular weight excluding hydrogens is 338 g/mol. The Morgan fingerprint density at radius 1 is 1.22 bits per heavy atom. The van der Waals surface area contributed by atoms with Crippen molar-refractivity contribution >= 4 is 5.91 Å². The minimum Gasteiger partial charge on any atom is -0.353 e. The molecule has 27 heavy (non-hydrogen) atoms. The van der Waals surface area contributed by atoms with Gasteiger partial charge in [0, 0.05) is 49.8 Å². The molecule has 144 valence electrons. The highest BCUT2D eigenvalue weighted by Gasteiger charge is 2.39. The number of aromatic amines is 1. The van der Waals surface area contributed by atoms with Gasteiger partial charge in [-0.05, 0) is 25.7 Å². The molecule has 2 heterocycles. The molecule has 0 bridgehead atoms. The molecule has 3 aliphatic rings. The monoisotopic (exact) mass is 367 g/mol. The lowest BCUT2D eigenvalue weighted by Crippen LogP contribution is -2.39. The number of fused-ring (bicyclic) bond motifs is 1. The van der Waals surface area contributed by atoms with Gasteiger partial charge in [0.05, 0.1) is 5.69 Å². The first-order valence-electron chi connectivity index (χ1n) is 10.4. The van der Waals surface area contributed by atoms with E-state index in [1.165, 1.54) is 49.3 Å². The lowest BCUT2D eigenvalue weighted by atomic mass is 9.89. The van der Waals surface area contributed by atoms with Gasteiger partial charge >= 0.3 is 0 Å². The van der Waals surface area contributed by atoms with Crippen molar-refractivity contribution in [2.45, 2.75) is 94.7 Å². The molecule has 1 atom stereocenters. The average molecular weight is 367 g/mol. The minimum absolute atomic E-state index is 0.0906. The molecule has 0 aromatic carbocycles. The van der Waals surface area contributed by atoms with Gasteiger partial charge in [0.25, 0.3) is 0 Å². The van der Waals surface area contributed by atoms with Gasteiger partial charge in [0.15, 0.2) is 5.66 Å². The van der Waals surface area contributed by atoms with Crippen LogP contribution in [-0.2, 0) is 17.6 Å². The normalized spacial score (nSPS) is 23.4. The second-order valence-electron chi connectivity index (χ2n) is 8.28. The zero-order valence-electron chi connectivity index (χ0n) is 16.0. The number of aromatic nitrogens is 2. The number of carbonyl (C=O) groups is 1. The number of terminal acetylenes is 1. The van der Waals surface area contributed by atoms with Crippen molar-refractivity contribution in [3.63, 3.8) is 0 Å². The Labute approximate surface area is 161 Å². The fourth-order valence-corrected chi connectivity index (χ4v) is 4.48. The van der Waals surface area contributed by atoms with E-state index in [4.69, 9.17) is 11.4 Å². The number of imidazole rings is 1. The van der Waals surface area contributed by atoms with Crippen LogP contribution in [0.5, 0.6) is 0 Å². The first-order valence-corrected chi connectivity index (χ1v) is 10.4. The van der Waals surface area contributed by atoms with E-state index in [9.17, 15) is 4.79 Å². The van der Waals surface area contributed by atoms with Crippen LogP contribution in [0.15, 0.2) is 10.2 Å². The molecular formula is C21H29N5O. The Bertz CT molecular complexity index is 747. The third-order valence-electron chi connectivity index (χ3n) is 6.22. The van der Waals surface area contributed by atoms with Crippen molar-refractivity contribution < 1.29 is 4.79 Å². The number of amides is 1. The quantitative estimate of drug-likeness (QED) is 0.719. The predicted molar refractivity (Wildman–Crippen MR) is 103 cm³/mol. The summed E-state index contributed by atoms with van der Waals surface area (Å²) in [4.78, 5) is 20.8. The topological polar surface area (TPSA) is 82.5 Å². The SMILES string of the molecule is C#CCCC1(CCC(=O)NC2CCc3nc(C4CCCCC4)[nH]c3C2)N=N1. The number of nitrogens with one attached hydrogen (secondary N) is 2. The zero-order valence-corrected chi connectivity index (χ0v) is 16.0. The smallest absolute Gasteiger partial charge is 0.220 e. The largest absolute Gasteiger partial charge is 0.353 e. The summed E-state index contributed by atoms with van der Waals surface area (Å²) in [7, 11) is 0. The van der Waals surface area contributed by atoms with Gasteiger partial charge in [-0.3, -0.25) is 4.79 Å². The highest BCUT2D eigenvalue weighted by molar-refractivity contribution is 5.76. The van der Waals surface area contributed by atoms with Crippen molar-refractivity contribution in [1.29, 1.82) is 0 Å². The molecule has 6 heteroatoms. The van der Waals surface area contributed by atoms with Crippen molar-refractivity contribution in [3.05, 3.63) is 17.2 Å². The Morgan fingerprint density at radius 2 is 2.04 bits per heavy atom. The molecule has 6 nitrogen and oxygen atoms in total. The van der Waals surface area contributed by atoms with Gasteiger partial charge in [-0.2, -0.15) is 10.2 Å². The van der Waals surface area contributed by atoms with E-state index in [1.807, 2.05) is 0 Å². The van der Waals surface area contributed by atoms with E-state index < -0.39 is 0 Å². The van der Waals surface area contributed by atoms with Gasteiger partial charge in [0.2, 0.25) is 5.91 Å². The lowest BCUT2D eigenvalue weighted by molar-refractivity contribution is -0.122. The maximum atomic E-state index is 12.4. The summed E-state index contributed by atoms with van der Waals surface area (Å²) in [5.74, 6) is 4.49. The van der Waals surface area contributed by atoms with Crippen LogP contribution in [0.3, 0.4) is 0 Å². The summed E-state index contributed by atoms with van der Waals surface area (Å²) in [6.07, 6.45) is 17.1. The molecule has 1 saturated carbocycles. The maximum Gasteiger partial charge on any atom is 0.220 e. The molecule has 0 spiro atoms. The predicted octanol–water partition coefficient (Wildman–Crippen LogP) is 3.79. The highest BCUT2D eigenvalue weighted by atomic mass is 16.1. The number of carbonyl (C=O) groups excluding carboxylic acids is 1. The van der Waals surface area contributed by atoms with Crippen LogP contribution in [0, 0.1) is 12.3 Å². The fourth-order valence-electron chi connectivity index (χ4n) is 4.48. The molecule has 1 aliphatic heterocycles. The van der Waals surface area contributed by atoms with Crippen molar-refractivity contribution in [2.24, 2.45) is 10.2 Å². The van der Waals surface area contributed by atoms with Crippen molar-refractivity contribution in [3.8, 4) is 12.3 Å². The molecule has 2 N–H and O–H groups in total. The van der Waals surface area contributed by atoms with Gasteiger partial charge in [-0.15, -0.1) is 12.3 Å².